The van der Waals surface area contributed by atoms with Gasteiger partial charge in [-0.05, 0) is 35.1 Å². The molecule has 2 aromatic heterocycles. The molecular formula is C23H26N4O2. The second kappa shape index (κ2) is 7.70. The maximum atomic E-state index is 13.1. The maximum Gasteiger partial charge on any atom is 0.272 e. The van der Waals surface area contributed by atoms with E-state index in [0.717, 1.165) is 22.4 Å². The minimum absolute atomic E-state index is 0.000546. The van der Waals surface area contributed by atoms with Crippen molar-refractivity contribution >= 4 is 5.91 Å². The van der Waals surface area contributed by atoms with Crippen LogP contribution in [0.2, 0.25) is 0 Å². The summed E-state index contributed by atoms with van der Waals surface area (Å²) >= 11 is 0. The lowest BCUT2D eigenvalue weighted by Crippen LogP contribution is -2.38. The topological polar surface area (TPSA) is 60.1 Å². The van der Waals surface area contributed by atoms with E-state index in [1.54, 1.807) is 15.3 Å². The van der Waals surface area contributed by atoms with Crippen LogP contribution in [0.4, 0.5) is 0 Å². The molecule has 0 atom stereocenters. The third kappa shape index (κ3) is 3.88. The fourth-order valence-electron chi connectivity index (χ4n) is 3.79. The van der Waals surface area contributed by atoms with E-state index in [-0.39, 0.29) is 17.4 Å². The number of aromatic nitrogens is 3. The Balaban J connectivity index is 1.58. The number of fused-ring (bicyclic) bond motifs is 1. The van der Waals surface area contributed by atoms with Gasteiger partial charge in [0.05, 0.1) is 12.2 Å². The highest BCUT2D eigenvalue weighted by molar-refractivity contribution is 5.92. The number of pyridine rings is 1. The number of rotatable bonds is 4. The van der Waals surface area contributed by atoms with Crippen LogP contribution in [-0.2, 0) is 26.6 Å². The molecule has 0 aliphatic carbocycles. The lowest BCUT2D eigenvalue weighted by Gasteiger charge is -2.29. The number of nitrogens with zero attached hydrogens (tertiary/aromatic N) is 4. The smallest absolute Gasteiger partial charge is 0.272 e. The maximum absolute atomic E-state index is 13.1. The van der Waals surface area contributed by atoms with Crippen molar-refractivity contribution in [3.05, 3.63) is 87.1 Å². The summed E-state index contributed by atoms with van der Waals surface area (Å²) in [5, 5.41) is 4.47. The minimum Gasteiger partial charge on any atom is -0.333 e. The van der Waals surface area contributed by atoms with Crippen LogP contribution < -0.4 is 5.56 Å². The first-order valence-electron chi connectivity index (χ1n) is 10.0. The van der Waals surface area contributed by atoms with Crippen LogP contribution in [0.5, 0.6) is 0 Å². The zero-order chi connectivity index (χ0) is 20.5. The molecule has 0 radical (unpaired) electrons. The normalized spacial score (nSPS) is 13.6. The first-order chi connectivity index (χ1) is 13.9. The Bertz CT molecular complexity index is 1100. The third-order valence-electron chi connectivity index (χ3n) is 5.51. The molecule has 1 aliphatic heterocycles. The SMILES string of the molecule is CC(C)c1cc(C(=O)N2CCc3cc(=O)n(Cc4ccccc4)cc3C2)n(C)n1. The standard InChI is InChI=1S/C23H26N4O2/c1-16(2)20-12-21(25(3)24-20)23(29)26-10-9-18-11-22(28)27(15-19(18)14-26)13-17-7-5-4-6-8-17/h4-8,11-12,15-16H,9-10,13-14H2,1-3H3. The lowest BCUT2D eigenvalue weighted by atomic mass is 10.0. The van der Waals surface area contributed by atoms with Crippen molar-refractivity contribution in [2.75, 3.05) is 6.54 Å². The summed E-state index contributed by atoms with van der Waals surface area (Å²) in [5.74, 6) is 0.260. The van der Waals surface area contributed by atoms with E-state index in [9.17, 15) is 9.59 Å². The number of hydrogen-bond acceptors (Lipinski definition) is 3. The summed E-state index contributed by atoms with van der Waals surface area (Å²) in [4.78, 5) is 27.5. The fourth-order valence-corrected chi connectivity index (χ4v) is 3.79. The van der Waals surface area contributed by atoms with Gasteiger partial charge in [-0.3, -0.25) is 14.3 Å². The van der Waals surface area contributed by atoms with E-state index in [4.69, 9.17) is 0 Å². The molecule has 3 heterocycles. The predicted molar refractivity (Wildman–Crippen MR) is 112 cm³/mol. The molecule has 0 saturated heterocycles. The zero-order valence-electron chi connectivity index (χ0n) is 17.1. The third-order valence-corrected chi connectivity index (χ3v) is 5.51. The number of hydrogen-bond donors (Lipinski definition) is 0. The van der Waals surface area contributed by atoms with Gasteiger partial charge in [0.2, 0.25) is 0 Å². The second-order valence-corrected chi connectivity index (χ2v) is 7.99. The van der Waals surface area contributed by atoms with Crippen molar-refractivity contribution in [1.29, 1.82) is 0 Å². The Morgan fingerprint density at radius 3 is 2.59 bits per heavy atom. The molecule has 1 amide bonds. The summed E-state index contributed by atoms with van der Waals surface area (Å²) in [6.45, 7) is 5.78. The summed E-state index contributed by atoms with van der Waals surface area (Å²) in [6.07, 6.45) is 2.60. The summed E-state index contributed by atoms with van der Waals surface area (Å²) < 4.78 is 3.40. The Morgan fingerprint density at radius 1 is 1.14 bits per heavy atom. The molecule has 0 saturated carbocycles. The van der Waals surface area contributed by atoms with E-state index in [1.165, 1.54) is 0 Å². The van der Waals surface area contributed by atoms with Crippen molar-refractivity contribution in [3.8, 4) is 0 Å². The summed E-state index contributed by atoms with van der Waals surface area (Å²) in [6, 6.07) is 13.5. The van der Waals surface area contributed by atoms with Crippen LogP contribution in [0.3, 0.4) is 0 Å². The largest absolute Gasteiger partial charge is 0.333 e. The molecule has 150 valence electrons. The van der Waals surface area contributed by atoms with Crippen molar-refractivity contribution in [2.45, 2.75) is 39.3 Å². The molecule has 0 spiro atoms. The van der Waals surface area contributed by atoms with Gasteiger partial charge in [0.15, 0.2) is 0 Å². The van der Waals surface area contributed by atoms with Gasteiger partial charge in [-0.25, -0.2) is 0 Å². The highest BCUT2D eigenvalue weighted by Crippen LogP contribution is 2.21. The number of carbonyl (C=O) groups excluding carboxylic acids is 1. The summed E-state index contributed by atoms with van der Waals surface area (Å²) in [5.41, 5.74) is 4.68. The molecule has 6 nitrogen and oxygen atoms in total. The second-order valence-electron chi connectivity index (χ2n) is 7.99. The van der Waals surface area contributed by atoms with Gasteiger partial charge in [0.25, 0.3) is 11.5 Å². The van der Waals surface area contributed by atoms with Crippen LogP contribution in [0.25, 0.3) is 0 Å². The van der Waals surface area contributed by atoms with Crippen LogP contribution in [0, 0.1) is 0 Å². The molecule has 6 heteroatoms. The molecule has 1 aromatic carbocycles. The van der Waals surface area contributed by atoms with Gasteiger partial charge in [-0.2, -0.15) is 5.10 Å². The predicted octanol–water partition coefficient (Wildman–Crippen LogP) is 2.95. The molecule has 1 aliphatic rings. The van der Waals surface area contributed by atoms with Crippen molar-refractivity contribution in [3.63, 3.8) is 0 Å². The van der Waals surface area contributed by atoms with Crippen LogP contribution in [0.1, 0.15) is 52.6 Å². The quantitative estimate of drug-likeness (QED) is 0.688. The first kappa shape index (κ1) is 19.2. The molecule has 0 bridgehead atoms. The van der Waals surface area contributed by atoms with Crippen molar-refractivity contribution < 1.29 is 4.79 Å². The van der Waals surface area contributed by atoms with Gasteiger partial charge < -0.3 is 9.47 Å². The number of benzene rings is 1. The highest BCUT2D eigenvalue weighted by Gasteiger charge is 2.25. The van der Waals surface area contributed by atoms with Gasteiger partial charge >= 0.3 is 0 Å². The average Bonchev–Trinajstić information content (AvgIpc) is 3.10. The Morgan fingerprint density at radius 2 is 1.90 bits per heavy atom. The van der Waals surface area contributed by atoms with E-state index in [0.29, 0.717) is 31.7 Å². The number of aryl methyl sites for hydroxylation is 1. The van der Waals surface area contributed by atoms with Crippen LogP contribution in [0.15, 0.2) is 53.5 Å². The van der Waals surface area contributed by atoms with Gasteiger partial charge in [-0.1, -0.05) is 44.2 Å². The Kier molecular flexibility index (Phi) is 5.09. The molecule has 4 rings (SSSR count). The van der Waals surface area contributed by atoms with Crippen LogP contribution in [-0.4, -0.2) is 31.7 Å². The number of carbonyl (C=O) groups is 1. The minimum atomic E-state index is -0.0154. The molecule has 29 heavy (non-hydrogen) atoms. The average molecular weight is 390 g/mol. The Labute approximate surface area is 170 Å². The number of amides is 1. The van der Waals surface area contributed by atoms with E-state index in [2.05, 4.69) is 18.9 Å². The monoisotopic (exact) mass is 390 g/mol. The van der Waals surface area contributed by atoms with Crippen LogP contribution >= 0.6 is 0 Å². The molecule has 3 aromatic rings. The van der Waals surface area contributed by atoms with Crippen molar-refractivity contribution in [1.82, 2.24) is 19.2 Å². The highest BCUT2D eigenvalue weighted by atomic mass is 16.2. The Hall–Kier alpha value is -3.15. The lowest BCUT2D eigenvalue weighted by molar-refractivity contribution is 0.0723. The van der Waals surface area contributed by atoms with Crippen molar-refractivity contribution in [2.24, 2.45) is 7.05 Å². The fraction of sp³-hybridized carbons (Fsp3) is 0.348. The summed E-state index contributed by atoms with van der Waals surface area (Å²) in [7, 11) is 1.81. The van der Waals surface area contributed by atoms with Gasteiger partial charge in [0, 0.05) is 32.4 Å². The molecular weight excluding hydrogens is 364 g/mol. The van der Waals surface area contributed by atoms with Gasteiger partial charge in [0.1, 0.15) is 5.69 Å². The van der Waals surface area contributed by atoms with Gasteiger partial charge in [-0.15, -0.1) is 0 Å². The molecule has 0 unspecified atom stereocenters. The first-order valence-corrected chi connectivity index (χ1v) is 10.0. The molecule has 0 N–H and O–H groups in total. The molecule has 0 fully saturated rings. The van der Waals surface area contributed by atoms with E-state index in [1.807, 2.05) is 54.5 Å². The zero-order valence-corrected chi connectivity index (χ0v) is 17.1. The van der Waals surface area contributed by atoms with E-state index < -0.39 is 0 Å². The van der Waals surface area contributed by atoms with E-state index >= 15 is 0 Å².